The average molecular weight is 396 g/mol. The molecule has 6 heteroatoms. The van der Waals surface area contributed by atoms with Crippen molar-refractivity contribution in [3.05, 3.63) is 48.0 Å². The van der Waals surface area contributed by atoms with Crippen LogP contribution in [-0.4, -0.2) is 31.6 Å². The topological polar surface area (TPSA) is 67.9 Å². The summed E-state index contributed by atoms with van der Waals surface area (Å²) < 4.78 is 11.2. The van der Waals surface area contributed by atoms with Crippen LogP contribution in [0.4, 0.5) is 11.4 Å². The highest BCUT2D eigenvalue weighted by atomic mass is 16.5. The Morgan fingerprint density at radius 1 is 1.03 bits per heavy atom. The van der Waals surface area contributed by atoms with Crippen molar-refractivity contribution in [3.63, 3.8) is 0 Å². The number of nitrogens with one attached hydrogen (secondary N) is 1. The van der Waals surface area contributed by atoms with Crippen LogP contribution in [0.15, 0.2) is 42.5 Å². The Hall–Kier alpha value is -3.02. The smallest absolute Gasteiger partial charge is 0.227 e. The van der Waals surface area contributed by atoms with Crippen LogP contribution in [0.2, 0.25) is 0 Å². The number of nitrogens with zero attached hydrogens (tertiary/aromatic N) is 1. The number of amides is 2. The Kier molecular flexibility index (Phi) is 7.11. The molecule has 0 aromatic heterocycles. The van der Waals surface area contributed by atoms with Gasteiger partial charge in [-0.3, -0.25) is 9.59 Å². The fraction of sp³-hybridized carbons (Fsp3) is 0.391. The zero-order chi connectivity index (χ0) is 20.6. The molecule has 2 amide bonds. The second-order valence-electron chi connectivity index (χ2n) is 6.89. The largest absolute Gasteiger partial charge is 0.490 e. The molecular weight excluding hydrogens is 368 g/mol. The first-order chi connectivity index (χ1) is 14.1. The van der Waals surface area contributed by atoms with E-state index in [1.165, 1.54) is 0 Å². The Labute approximate surface area is 171 Å². The monoisotopic (exact) mass is 396 g/mol. The van der Waals surface area contributed by atoms with Crippen LogP contribution in [0, 0.1) is 0 Å². The second-order valence-corrected chi connectivity index (χ2v) is 6.89. The first-order valence-electron chi connectivity index (χ1n) is 10.2. The van der Waals surface area contributed by atoms with E-state index in [2.05, 4.69) is 5.32 Å². The normalized spacial score (nSPS) is 13.4. The van der Waals surface area contributed by atoms with Crippen molar-refractivity contribution in [1.29, 1.82) is 0 Å². The molecular formula is C23H28N2O4. The van der Waals surface area contributed by atoms with Crippen LogP contribution in [0.25, 0.3) is 0 Å². The summed E-state index contributed by atoms with van der Waals surface area (Å²) in [4.78, 5) is 25.9. The standard InChI is InChI=1S/C23H28N2O4/c1-3-28-20-13-7-17(16-21(20)29-4-2)8-14-22(26)24-18-9-11-19(12-10-18)25-15-5-6-23(25)27/h7,9-13,16H,3-6,8,14-15H2,1-2H3,(H,24,26). The maximum Gasteiger partial charge on any atom is 0.227 e. The van der Waals surface area contributed by atoms with Crippen LogP contribution < -0.4 is 19.7 Å². The Morgan fingerprint density at radius 2 is 1.76 bits per heavy atom. The molecule has 0 saturated carbocycles. The van der Waals surface area contributed by atoms with Crippen LogP contribution in [0.3, 0.4) is 0 Å². The van der Waals surface area contributed by atoms with E-state index in [0.29, 0.717) is 38.2 Å². The van der Waals surface area contributed by atoms with Gasteiger partial charge < -0.3 is 19.7 Å². The molecule has 3 rings (SSSR count). The van der Waals surface area contributed by atoms with Crippen LogP contribution in [0.1, 0.15) is 38.7 Å². The van der Waals surface area contributed by atoms with Crippen molar-refractivity contribution < 1.29 is 19.1 Å². The van der Waals surface area contributed by atoms with Gasteiger partial charge in [0.2, 0.25) is 11.8 Å². The molecule has 1 N–H and O–H groups in total. The van der Waals surface area contributed by atoms with Gasteiger partial charge in [-0.25, -0.2) is 0 Å². The Balaban J connectivity index is 1.54. The van der Waals surface area contributed by atoms with Gasteiger partial charge in [-0.15, -0.1) is 0 Å². The number of carbonyl (C=O) groups is 2. The third-order valence-corrected chi connectivity index (χ3v) is 4.78. The van der Waals surface area contributed by atoms with E-state index in [-0.39, 0.29) is 11.8 Å². The molecule has 1 heterocycles. The molecule has 0 atom stereocenters. The number of ether oxygens (including phenoxy) is 2. The molecule has 0 bridgehead atoms. The molecule has 6 nitrogen and oxygen atoms in total. The van der Waals surface area contributed by atoms with E-state index in [1.807, 2.05) is 56.3 Å². The molecule has 0 spiro atoms. The van der Waals surface area contributed by atoms with E-state index < -0.39 is 0 Å². The van der Waals surface area contributed by atoms with Gasteiger partial charge in [0.1, 0.15) is 0 Å². The van der Waals surface area contributed by atoms with E-state index in [4.69, 9.17) is 9.47 Å². The first-order valence-corrected chi connectivity index (χ1v) is 10.2. The van der Waals surface area contributed by atoms with E-state index >= 15 is 0 Å². The lowest BCUT2D eigenvalue weighted by Gasteiger charge is -2.16. The van der Waals surface area contributed by atoms with Gasteiger partial charge in [0.05, 0.1) is 13.2 Å². The van der Waals surface area contributed by atoms with Gasteiger partial charge in [0, 0.05) is 30.8 Å². The summed E-state index contributed by atoms with van der Waals surface area (Å²) in [5.41, 5.74) is 2.63. The fourth-order valence-electron chi connectivity index (χ4n) is 3.38. The third kappa shape index (κ3) is 5.50. The SMILES string of the molecule is CCOc1ccc(CCC(=O)Nc2ccc(N3CCCC3=O)cc2)cc1OCC. The summed E-state index contributed by atoms with van der Waals surface area (Å²) in [7, 11) is 0. The lowest BCUT2D eigenvalue weighted by molar-refractivity contribution is -0.117. The third-order valence-electron chi connectivity index (χ3n) is 4.78. The van der Waals surface area contributed by atoms with Gasteiger partial charge in [-0.1, -0.05) is 6.07 Å². The molecule has 1 saturated heterocycles. The van der Waals surface area contributed by atoms with Gasteiger partial charge in [-0.2, -0.15) is 0 Å². The molecule has 1 aliphatic heterocycles. The highest BCUT2D eigenvalue weighted by Gasteiger charge is 2.21. The molecule has 1 aliphatic rings. The van der Waals surface area contributed by atoms with Crippen molar-refractivity contribution in [1.82, 2.24) is 0 Å². The van der Waals surface area contributed by atoms with Crippen LogP contribution in [0.5, 0.6) is 11.5 Å². The number of anilines is 2. The molecule has 0 aliphatic carbocycles. The lowest BCUT2D eigenvalue weighted by Crippen LogP contribution is -2.23. The molecule has 0 radical (unpaired) electrons. The fourth-order valence-corrected chi connectivity index (χ4v) is 3.38. The summed E-state index contributed by atoms with van der Waals surface area (Å²) in [5.74, 6) is 1.53. The maximum absolute atomic E-state index is 12.3. The molecule has 1 fully saturated rings. The minimum absolute atomic E-state index is 0.0538. The summed E-state index contributed by atoms with van der Waals surface area (Å²) in [6, 6.07) is 13.2. The van der Waals surface area contributed by atoms with Crippen molar-refractivity contribution >= 4 is 23.2 Å². The zero-order valence-corrected chi connectivity index (χ0v) is 17.1. The van der Waals surface area contributed by atoms with Gasteiger partial charge in [-0.05, 0) is 68.7 Å². The number of hydrogen-bond donors (Lipinski definition) is 1. The number of benzene rings is 2. The molecule has 0 unspecified atom stereocenters. The first kappa shape index (κ1) is 20.7. The minimum Gasteiger partial charge on any atom is -0.490 e. The predicted molar refractivity (Wildman–Crippen MR) is 114 cm³/mol. The van der Waals surface area contributed by atoms with Crippen molar-refractivity contribution in [3.8, 4) is 11.5 Å². The summed E-state index contributed by atoms with van der Waals surface area (Å²) in [6.45, 7) is 5.76. The second kappa shape index (κ2) is 9.96. The molecule has 2 aromatic carbocycles. The van der Waals surface area contributed by atoms with Crippen LogP contribution in [-0.2, 0) is 16.0 Å². The molecule has 154 valence electrons. The minimum atomic E-state index is -0.0538. The van der Waals surface area contributed by atoms with Crippen molar-refractivity contribution in [2.75, 3.05) is 30.0 Å². The quantitative estimate of drug-likeness (QED) is 0.690. The van der Waals surface area contributed by atoms with Gasteiger partial charge in [0.15, 0.2) is 11.5 Å². The number of hydrogen-bond acceptors (Lipinski definition) is 4. The summed E-state index contributed by atoms with van der Waals surface area (Å²) in [5, 5.41) is 2.91. The van der Waals surface area contributed by atoms with E-state index in [0.717, 1.165) is 35.7 Å². The summed E-state index contributed by atoms with van der Waals surface area (Å²) >= 11 is 0. The number of aryl methyl sites for hydroxylation is 1. The lowest BCUT2D eigenvalue weighted by atomic mass is 10.1. The zero-order valence-electron chi connectivity index (χ0n) is 17.1. The number of carbonyl (C=O) groups excluding carboxylic acids is 2. The Bertz CT molecular complexity index is 848. The van der Waals surface area contributed by atoms with E-state index in [1.54, 1.807) is 4.90 Å². The van der Waals surface area contributed by atoms with Gasteiger partial charge in [0.25, 0.3) is 0 Å². The highest BCUT2D eigenvalue weighted by Crippen LogP contribution is 2.29. The molecule has 2 aromatic rings. The Morgan fingerprint density at radius 3 is 2.41 bits per heavy atom. The van der Waals surface area contributed by atoms with Crippen molar-refractivity contribution in [2.24, 2.45) is 0 Å². The number of rotatable bonds is 9. The molecule has 29 heavy (non-hydrogen) atoms. The predicted octanol–water partition coefficient (Wildman–Crippen LogP) is 4.18. The van der Waals surface area contributed by atoms with Crippen molar-refractivity contribution in [2.45, 2.75) is 39.5 Å². The average Bonchev–Trinajstić information content (AvgIpc) is 3.15. The summed E-state index contributed by atoms with van der Waals surface area (Å²) in [6.07, 6.45) is 2.48. The highest BCUT2D eigenvalue weighted by molar-refractivity contribution is 5.96. The van der Waals surface area contributed by atoms with Gasteiger partial charge >= 0.3 is 0 Å². The van der Waals surface area contributed by atoms with Crippen LogP contribution >= 0.6 is 0 Å². The van der Waals surface area contributed by atoms with E-state index in [9.17, 15) is 9.59 Å². The maximum atomic E-state index is 12.3.